The predicted octanol–water partition coefficient (Wildman–Crippen LogP) is 4.12. The first-order chi connectivity index (χ1) is 11.7. The number of ether oxygens (including phenoxy) is 1. The van der Waals surface area contributed by atoms with E-state index in [-0.39, 0.29) is 5.91 Å². The lowest BCUT2D eigenvalue weighted by atomic mass is 10.1. The molecule has 0 spiro atoms. The number of rotatable bonds is 4. The second kappa shape index (κ2) is 6.84. The number of hydrogen-bond acceptors (Lipinski definition) is 3. The third-order valence-electron chi connectivity index (χ3n) is 3.68. The Kier molecular flexibility index (Phi) is 4.44. The maximum atomic E-state index is 12.3. The van der Waals surface area contributed by atoms with Crippen LogP contribution in [-0.4, -0.2) is 12.0 Å². The van der Waals surface area contributed by atoms with Crippen LogP contribution in [0, 0.1) is 11.3 Å². The van der Waals surface area contributed by atoms with Crippen LogP contribution in [0.25, 0.3) is 10.8 Å². The summed E-state index contributed by atoms with van der Waals surface area (Å²) in [4.78, 5) is 12.3. The summed E-state index contributed by atoms with van der Waals surface area (Å²) in [5.41, 5.74) is 1.07. The monoisotopic (exact) mass is 316 g/mol. The van der Waals surface area contributed by atoms with E-state index < -0.39 is 6.10 Å². The van der Waals surface area contributed by atoms with E-state index in [1.165, 1.54) is 0 Å². The zero-order valence-electron chi connectivity index (χ0n) is 13.2. The molecule has 3 aromatic carbocycles. The van der Waals surface area contributed by atoms with Gasteiger partial charge in [0, 0.05) is 11.1 Å². The minimum absolute atomic E-state index is 0.266. The molecule has 0 saturated carbocycles. The molecule has 0 aliphatic carbocycles. The summed E-state index contributed by atoms with van der Waals surface area (Å²) in [6.45, 7) is 1.70. The lowest BCUT2D eigenvalue weighted by Crippen LogP contribution is -2.30. The van der Waals surface area contributed by atoms with Gasteiger partial charge in [0.2, 0.25) is 0 Å². The van der Waals surface area contributed by atoms with Crippen LogP contribution in [0.3, 0.4) is 0 Å². The number of nitrogens with zero attached hydrogens (tertiary/aromatic N) is 1. The number of anilines is 1. The number of fused-ring (bicyclic) bond motifs is 1. The Labute approximate surface area is 140 Å². The van der Waals surface area contributed by atoms with Gasteiger partial charge in [0.25, 0.3) is 5.91 Å². The van der Waals surface area contributed by atoms with Gasteiger partial charge in [0.15, 0.2) is 6.10 Å². The van der Waals surface area contributed by atoms with E-state index in [2.05, 4.69) is 5.32 Å². The molecule has 0 aliphatic heterocycles. The number of benzene rings is 3. The van der Waals surface area contributed by atoms with Gasteiger partial charge in [-0.3, -0.25) is 4.79 Å². The average Bonchev–Trinajstić information content (AvgIpc) is 2.62. The van der Waals surface area contributed by atoms with E-state index in [4.69, 9.17) is 10.00 Å². The second-order valence-corrected chi connectivity index (χ2v) is 5.42. The molecule has 3 rings (SSSR count). The highest BCUT2D eigenvalue weighted by Gasteiger charge is 2.16. The number of carbonyl (C=O) groups excluding carboxylic acids is 1. The lowest BCUT2D eigenvalue weighted by molar-refractivity contribution is -0.122. The Balaban J connectivity index is 1.75. The first-order valence-electron chi connectivity index (χ1n) is 7.63. The fourth-order valence-corrected chi connectivity index (χ4v) is 2.45. The van der Waals surface area contributed by atoms with Crippen molar-refractivity contribution < 1.29 is 9.53 Å². The van der Waals surface area contributed by atoms with Crippen LogP contribution in [0.1, 0.15) is 12.5 Å². The molecule has 0 aliphatic rings. The molecule has 24 heavy (non-hydrogen) atoms. The number of hydrogen-bond donors (Lipinski definition) is 1. The summed E-state index contributed by atoms with van der Waals surface area (Å²) in [6.07, 6.45) is -0.665. The molecule has 0 heterocycles. The van der Waals surface area contributed by atoms with Crippen LogP contribution in [0.2, 0.25) is 0 Å². The molecule has 4 nitrogen and oxygen atoms in total. The third kappa shape index (κ3) is 3.36. The Morgan fingerprint density at radius 1 is 1.08 bits per heavy atom. The van der Waals surface area contributed by atoms with E-state index in [0.717, 1.165) is 10.8 Å². The molecule has 0 radical (unpaired) electrons. The van der Waals surface area contributed by atoms with E-state index in [1.54, 1.807) is 31.2 Å². The molecule has 4 heteroatoms. The minimum atomic E-state index is -0.665. The summed E-state index contributed by atoms with van der Waals surface area (Å²) in [5, 5.41) is 13.7. The van der Waals surface area contributed by atoms with Crippen LogP contribution in [0.4, 0.5) is 5.69 Å². The van der Waals surface area contributed by atoms with Crippen LogP contribution >= 0.6 is 0 Å². The van der Waals surface area contributed by atoms with Crippen molar-refractivity contribution in [3.63, 3.8) is 0 Å². The Morgan fingerprint density at radius 2 is 1.83 bits per heavy atom. The van der Waals surface area contributed by atoms with Gasteiger partial charge >= 0.3 is 0 Å². The smallest absolute Gasteiger partial charge is 0.265 e. The van der Waals surface area contributed by atoms with Crippen molar-refractivity contribution >= 4 is 22.4 Å². The zero-order chi connectivity index (χ0) is 16.9. The Hall–Kier alpha value is -3.32. The largest absolute Gasteiger partial charge is 0.480 e. The van der Waals surface area contributed by atoms with Crippen molar-refractivity contribution in [3.05, 3.63) is 72.3 Å². The van der Waals surface area contributed by atoms with E-state index in [9.17, 15) is 4.79 Å². The number of carbonyl (C=O) groups is 1. The maximum Gasteiger partial charge on any atom is 0.265 e. The highest BCUT2D eigenvalue weighted by atomic mass is 16.5. The Morgan fingerprint density at radius 3 is 2.67 bits per heavy atom. The molecular weight excluding hydrogens is 300 g/mol. The summed E-state index contributed by atoms with van der Waals surface area (Å²) < 4.78 is 5.84. The molecule has 0 aromatic heterocycles. The van der Waals surface area contributed by atoms with Crippen molar-refractivity contribution in [2.75, 3.05) is 5.32 Å². The molecule has 0 bridgehead atoms. The fraction of sp³-hybridized carbons (Fsp3) is 0.100. The van der Waals surface area contributed by atoms with Gasteiger partial charge in [-0.25, -0.2) is 0 Å². The topological polar surface area (TPSA) is 62.1 Å². The van der Waals surface area contributed by atoms with Gasteiger partial charge in [0.1, 0.15) is 5.75 Å². The van der Waals surface area contributed by atoms with Crippen LogP contribution in [-0.2, 0) is 4.79 Å². The van der Waals surface area contributed by atoms with Gasteiger partial charge in [-0.2, -0.15) is 5.26 Å². The molecular formula is C20H16N2O2. The van der Waals surface area contributed by atoms with Gasteiger partial charge in [-0.1, -0.05) is 42.5 Å². The van der Waals surface area contributed by atoms with Crippen molar-refractivity contribution in [1.29, 1.82) is 5.26 Å². The molecule has 1 atom stereocenters. The van der Waals surface area contributed by atoms with Gasteiger partial charge in [-0.05, 0) is 36.6 Å². The molecule has 1 N–H and O–H groups in total. The van der Waals surface area contributed by atoms with Crippen molar-refractivity contribution in [2.24, 2.45) is 0 Å². The normalized spacial score (nSPS) is 11.5. The summed E-state index contributed by atoms with van der Waals surface area (Å²) in [6, 6.07) is 22.4. The van der Waals surface area contributed by atoms with Crippen LogP contribution in [0.5, 0.6) is 5.75 Å². The molecule has 118 valence electrons. The predicted molar refractivity (Wildman–Crippen MR) is 93.8 cm³/mol. The first kappa shape index (κ1) is 15.6. The van der Waals surface area contributed by atoms with Crippen molar-refractivity contribution in [3.8, 4) is 11.8 Å². The number of amides is 1. The minimum Gasteiger partial charge on any atom is -0.480 e. The first-order valence-corrected chi connectivity index (χ1v) is 7.63. The van der Waals surface area contributed by atoms with Gasteiger partial charge in [0.05, 0.1) is 11.6 Å². The highest BCUT2D eigenvalue weighted by Crippen LogP contribution is 2.26. The SMILES string of the molecule is C[C@H](Oc1cccc2ccccc12)C(=O)Nc1cccc(C#N)c1. The molecule has 0 unspecified atom stereocenters. The molecule has 1 amide bonds. The van der Waals surface area contributed by atoms with Crippen molar-refractivity contribution in [1.82, 2.24) is 0 Å². The third-order valence-corrected chi connectivity index (χ3v) is 3.68. The summed E-state index contributed by atoms with van der Waals surface area (Å²) in [5.74, 6) is 0.402. The fourth-order valence-electron chi connectivity index (χ4n) is 2.45. The molecule has 3 aromatic rings. The van der Waals surface area contributed by atoms with Gasteiger partial charge < -0.3 is 10.1 Å². The van der Waals surface area contributed by atoms with Crippen LogP contribution < -0.4 is 10.1 Å². The molecule has 0 fully saturated rings. The Bertz CT molecular complexity index is 923. The maximum absolute atomic E-state index is 12.3. The molecule has 0 saturated heterocycles. The van der Waals surface area contributed by atoms with Crippen molar-refractivity contribution in [2.45, 2.75) is 13.0 Å². The number of nitrogens with one attached hydrogen (secondary N) is 1. The highest BCUT2D eigenvalue weighted by molar-refractivity contribution is 5.95. The lowest BCUT2D eigenvalue weighted by Gasteiger charge is -2.16. The van der Waals surface area contributed by atoms with Crippen LogP contribution in [0.15, 0.2) is 66.7 Å². The second-order valence-electron chi connectivity index (χ2n) is 5.42. The average molecular weight is 316 g/mol. The van der Waals surface area contributed by atoms with E-state index >= 15 is 0 Å². The van der Waals surface area contributed by atoms with Gasteiger partial charge in [-0.15, -0.1) is 0 Å². The summed E-state index contributed by atoms with van der Waals surface area (Å²) >= 11 is 0. The van der Waals surface area contributed by atoms with E-state index in [1.807, 2.05) is 48.5 Å². The quantitative estimate of drug-likeness (QED) is 0.787. The number of nitriles is 1. The van der Waals surface area contributed by atoms with E-state index in [0.29, 0.717) is 17.0 Å². The summed E-state index contributed by atoms with van der Waals surface area (Å²) in [7, 11) is 0. The standard InChI is InChI=1S/C20H16N2O2/c1-14(20(23)22-17-9-4-6-15(12-17)13-21)24-19-11-5-8-16-7-2-3-10-18(16)19/h2-12,14H,1H3,(H,22,23)/t14-/m0/s1. The zero-order valence-corrected chi connectivity index (χ0v) is 13.2.